The van der Waals surface area contributed by atoms with E-state index in [2.05, 4.69) is 9.71 Å². The van der Waals surface area contributed by atoms with Crippen LogP contribution in [0.5, 0.6) is 0 Å². The van der Waals surface area contributed by atoms with Crippen molar-refractivity contribution in [1.29, 1.82) is 0 Å². The van der Waals surface area contributed by atoms with Gasteiger partial charge in [-0.3, -0.25) is 0 Å². The smallest absolute Gasteiger partial charge is 0.341 e. The zero-order valence-corrected chi connectivity index (χ0v) is 12.1. The number of anilines is 1. The number of amidine groups is 1. The summed E-state index contributed by atoms with van der Waals surface area (Å²) in [6.45, 7) is 0. The second kappa shape index (κ2) is 5.45. The summed E-state index contributed by atoms with van der Waals surface area (Å²) in [5.74, 6) is -1.28. The normalized spacial score (nSPS) is 17.1. The average Bonchev–Trinajstić information content (AvgIpc) is 2.28. The van der Waals surface area contributed by atoms with Gasteiger partial charge < -0.3 is 5.32 Å². The molecule has 0 spiro atoms. The third-order valence-electron chi connectivity index (χ3n) is 2.24. The molecular weight excluding hydrogens is 337 g/mol. The quantitative estimate of drug-likeness (QED) is 0.915. The van der Waals surface area contributed by atoms with Crippen LogP contribution in [0.15, 0.2) is 27.5 Å². The molecule has 20 heavy (non-hydrogen) atoms. The first-order chi connectivity index (χ1) is 9.17. The monoisotopic (exact) mass is 344 g/mol. The molecule has 4 nitrogen and oxygen atoms in total. The Morgan fingerprint density at radius 3 is 2.70 bits per heavy atom. The summed E-state index contributed by atoms with van der Waals surface area (Å²) in [7, 11) is -3.93. The maximum absolute atomic E-state index is 12.0. The van der Waals surface area contributed by atoms with Gasteiger partial charge in [0.1, 0.15) is 10.7 Å². The van der Waals surface area contributed by atoms with Crippen LogP contribution < -0.4 is 5.32 Å². The standard InChI is InChI=1S/C10H8ClF3N2O2S2/c11-6-1-2-7-8(3-6)20(17,18)16-9(15-7)4-19-5-10(12,13)14/h1-3H,4-5H2,(H,15,16). The van der Waals surface area contributed by atoms with Crippen molar-refractivity contribution in [3.05, 3.63) is 23.2 Å². The predicted molar refractivity (Wildman–Crippen MR) is 73.1 cm³/mol. The molecule has 1 heterocycles. The van der Waals surface area contributed by atoms with Crippen molar-refractivity contribution in [2.24, 2.45) is 4.40 Å². The molecule has 2 rings (SSSR count). The highest BCUT2D eigenvalue weighted by Crippen LogP contribution is 2.30. The zero-order chi connectivity index (χ0) is 15.0. The van der Waals surface area contributed by atoms with Crippen LogP contribution in [0.4, 0.5) is 18.9 Å². The summed E-state index contributed by atoms with van der Waals surface area (Å²) in [4.78, 5) is -0.0884. The maximum Gasteiger partial charge on any atom is 0.397 e. The lowest BCUT2D eigenvalue weighted by Gasteiger charge is -2.18. The van der Waals surface area contributed by atoms with Crippen LogP contribution in [0, 0.1) is 0 Å². The van der Waals surface area contributed by atoms with E-state index in [9.17, 15) is 21.6 Å². The number of hydrogen-bond donors (Lipinski definition) is 1. The van der Waals surface area contributed by atoms with E-state index in [-0.39, 0.29) is 27.2 Å². The Bertz CT molecular complexity index is 659. The van der Waals surface area contributed by atoms with E-state index in [0.717, 1.165) is 0 Å². The molecule has 0 saturated heterocycles. The number of fused-ring (bicyclic) bond motifs is 1. The van der Waals surface area contributed by atoms with Crippen molar-refractivity contribution >= 4 is 44.9 Å². The molecule has 0 fully saturated rings. The summed E-state index contributed by atoms with van der Waals surface area (Å²) in [5.41, 5.74) is 0.256. The number of hydrogen-bond acceptors (Lipinski definition) is 4. The molecule has 0 bridgehead atoms. The van der Waals surface area contributed by atoms with Gasteiger partial charge in [0.25, 0.3) is 10.0 Å². The minimum atomic E-state index is -4.30. The molecule has 0 radical (unpaired) electrons. The second-order valence-electron chi connectivity index (χ2n) is 3.89. The highest BCUT2D eigenvalue weighted by Gasteiger charge is 2.29. The van der Waals surface area contributed by atoms with Crippen molar-refractivity contribution in [2.75, 3.05) is 16.8 Å². The van der Waals surface area contributed by atoms with Crippen LogP contribution in [-0.4, -0.2) is 31.9 Å². The van der Waals surface area contributed by atoms with Gasteiger partial charge in [-0.15, -0.1) is 16.2 Å². The van der Waals surface area contributed by atoms with Crippen molar-refractivity contribution in [3.8, 4) is 0 Å². The van der Waals surface area contributed by atoms with Gasteiger partial charge in [-0.05, 0) is 18.2 Å². The zero-order valence-electron chi connectivity index (χ0n) is 9.74. The Balaban J connectivity index is 2.16. The minimum Gasteiger partial charge on any atom is -0.341 e. The fraction of sp³-hybridized carbons (Fsp3) is 0.300. The number of alkyl halides is 3. The molecular formula is C10H8ClF3N2O2S2. The number of benzene rings is 1. The summed E-state index contributed by atoms with van der Waals surface area (Å²) in [5, 5.41) is 2.93. The molecule has 110 valence electrons. The van der Waals surface area contributed by atoms with Gasteiger partial charge in [0.05, 0.1) is 17.2 Å². The fourth-order valence-electron chi connectivity index (χ4n) is 1.51. The van der Waals surface area contributed by atoms with Crippen LogP contribution in [-0.2, 0) is 10.0 Å². The van der Waals surface area contributed by atoms with Gasteiger partial charge in [0, 0.05) is 5.02 Å². The number of thioether (sulfide) groups is 1. The first-order valence-corrected chi connectivity index (χ1v) is 8.19. The van der Waals surface area contributed by atoms with Gasteiger partial charge in [-0.2, -0.15) is 21.6 Å². The summed E-state index contributed by atoms with van der Waals surface area (Å²) < 4.78 is 63.3. The van der Waals surface area contributed by atoms with Crippen LogP contribution in [0.3, 0.4) is 0 Å². The summed E-state index contributed by atoms with van der Waals surface area (Å²) in [6.07, 6.45) is -4.30. The first kappa shape index (κ1) is 15.5. The Morgan fingerprint density at radius 1 is 1.35 bits per heavy atom. The Kier molecular flexibility index (Phi) is 4.22. The lowest BCUT2D eigenvalue weighted by Crippen LogP contribution is -2.24. The molecule has 0 aromatic heterocycles. The first-order valence-electron chi connectivity index (χ1n) is 5.22. The van der Waals surface area contributed by atoms with Crippen LogP contribution in [0.1, 0.15) is 0 Å². The number of halogens is 4. The largest absolute Gasteiger partial charge is 0.397 e. The molecule has 1 aliphatic heterocycles. The molecule has 1 aliphatic rings. The molecule has 1 aromatic rings. The number of rotatable bonds is 3. The van der Waals surface area contributed by atoms with E-state index >= 15 is 0 Å². The fourth-order valence-corrected chi connectivity index (χ4v) is 3.66. The molecule has 1 aromatic carbocycles. The van der Waals surface area contributed by atoms with Gasteiger partial charge in [-0.1, -0.05) is 11.6 Å². The van der Waals surface area contributed by atoms with Crippen molar-refractivity contribution in [2.45, 2.75) is 11.1 Å². The minimum absolute atomic E-state index is 0.0333. The SMILES string of the molecule is O=S1(=O)N=C(CSCC(F)(F)F)Nc2ccc(Cl)cc21. The summed E-state index contributed by atoms with van der Waals surface area (Å²) >= 11 is 6.24. The third kappa shape index (κ3) is 3.80. The average molecular weight is 345 g/mol. The lowest BCUT2D eigenvalue weighted by molar-refractivity contribution is -0.105. The van der Waals surface area contributed by atoms with Crippen LogP contribution in [0.25, 0.3) is 0 Å². The number of nitrogens with one attached hydrogen (secondary N) is 1. The van der Waals surface area contributed by atoms with Gasteiger partial charge >= 0.3 is 6.18 Å². The van der Waals surface area contributed by atoms with Crippen molar-refractivity contribution < 1.29 is 21.6 Å². The molecule has 1 N–H and O–H groups in total. The van der Waals surface area contributed by atoms with E-state index in [1.54, 1.807) is 0 Å². The molecule has 0 aliphatic carbocycles. The van der Waals surface area contributed by atoms with Gasteiger partial charge in [-0.25, -0.2) is 0 Å². The Morgan fingerprint density at radius 2 is 2.05 bits per heavy atom. The van der Waals surface area contributed by atoms with Crippen LogP contribution in [0.2, 0.25) is 5.02 Å². The molecule has 0 atom stereocenters. The Hall–Kier alpha value is -0.930. The van der Waals surface area contributed by atoms with E-state index in [1.807, 2.05) is 0 Å². The third-order valence-corrected chi connectivity index (χ3v) is 4.83. The van der Waals surface area contributed by atoms with Gasteiger partial charge in [0.15, 0.2) is 0 Å². The van der Waals surface area contributed by atoms with Crippen LogP contribution >= 0.6 is 23.4 Å². The Labute approximate surface area is 122 Å². The predicted octanol–water partition coefficient (Wildman–Crippen LogP) is 3.15. The molecule has 10 heteroatoms. The van der Waals surface area contributed by atoms with Crippen molar-refractivity contribution in [3.63, 3.8) is 0 Å². The van der Waals surface area contributed by atoms with E-state index in [1.165, 1.54) is 18.2 Å². The number of nitrogens with zero attached hydrogens (tertiary/aromatic N) is 1. The highest BCUT2D eigenvalue weighted by molar-refractivity contribution is 8.00. The van der Waals surface area contributed by atoms with Gasteiger partial charge in [0.2, 0.25) is 0 Å². The second-order valence-corrected chi connectivity index (χ2v) is 6.88. The highest BCUT2D eigenvalue weighted by atomic mass is 35.5. The van der Waals surface area contributed by atoms with E-state index in [0.29, 0.717) is 11.8 Å². The van der Waals surface area contributed by atoms with Crippen molar-refractivity contribution in [1.82, 2.24) is 0 Å². The molecule has 0 unspecified atom stereocenters. The summed E-state index contributed by atoms with van der Waals surface area (Å²) in [6, 6.07) is 4.16. The number of sulfonamides is 1. The van der Waals surface area contributed by atoms with E-state index < -0.39 is 22.0 Å². The molecule has 0 saturated carbocycles. The lowest BCUT2D eigenvalue weighted by atomic mass is 10.3. The topological polar surface area (TPSA) is 58.5 Å². The van der Waals surface area contributed by atoms with E-state index in [4.69, 9.17) is 11.6 Å². The molecule has 0 amide bonds. The maximum atomic E-state index is 12.0.